The van der Waals surface area contributed by atoms with Gasteiger partial charge in [-0.25, -0.2) is 14.2 Å². The molecule has 0 saturated heterocycles. The molecular weight excluding hydrogens is 311 g/mol. The highest BCUT2D eigenvalue weighted by molar-refractivity contribution is 5.79. The van der Waals surface area contributed by atoms with Crippen molar-refractivity contribution in [1.82, 2.24) is 19.1 Å². The van der Waals surface area contributed by atoms with Gasteiger partial charge in [0.1, 0.15) is 17.2 Å². The van der Waals surface area contributed by atoms with E-state index in [2.05, 4.69) is 9.97 Å². The summed E-state index contributed by atoms with van der Waals surface area (Å²) in [7, 11) is 0. The first-order valence-electron chi connectivity index (χ1n) is 7.72. The maximum absolute atomic E-state index is 14.3. The van der Waals surface area contributed by atoms with Crippen molar-refractivity contribution in [1.29, 1.82) is 0 Å². The van der Waals surface area contributed by atoms with E-state index in [-0.39, 0.29) is 23.5 Å². The smallest absolute Gasteiger partial charge is 0.332 e. The van der Waals surface area contributed by atoms with Crippen LogP contribution in [0.4, 0.5) is 4.39 Å². The Morgan fingerprint density at radius 1 is 1.17 bits per heavy atom. The number of H-pyrrole nitrogens is 1. The molecule has 3 rings (SSSR count). The van der Waals surface area contributed by atoms with Crippen molar-refractivity contribution in [3.63, 3.8) is 0 Å². The van der Waals surface area contributed by atoms with E-state index in [9.17, 15) is 14.0 Å². The molecule has 0 unspecified atom stereocenters. The van der Waals surface area contributed by atoms with Gasteiger partial charge in [-0.15, -0.1) is 0 Å². The molecule has 7 heteroatoms. The predicted octanol–water partition coefficient (Wildman–Crippen LogP) is 2.39. The number of aromatic amines is 1. The minimum absolute atomic E-state index is 0.193. The number of hydrogen-bond donors (Lipinski definition) is 1. The molecule has 1 aromatic carbocycles. The van der Waals surface area contributed by atoms with Gasteiger partial charge in [-0.2, -0.15) is 0 Å². The first kappa shape index (κ1) is 15.9. The highest BCUT2D eigenvalue weighted by Gasteiger charge is 2.15. The van der Waals surface area contributed by atoms with Gasteiger partial charge in [-0.3, -0.25) is 13.9 Å². The molecule has 0 saturated carbocycles. The van der Waals surface area contributed by atoms with Crippen LogP contribution in [-0.2, 0) is 13.1 Å². The Bertz CT molecular complexity index is 1030. The average molecular weight is 328 g/mol. The zero-order valence-electron chi connectivity index (χ0n) is 13.4. The molecule has 6 nitrogen and oxygen atoms in total. The van der Waals surface area contributed by atoms with Crippen molar-refractivity contribution in [2.75, 3.05) is 0 Å². The topological polar surface area (TPSA) is 72.7 Å². The highest BCUT2D eigenvalue weighted by atomic mass is 19.1. The summed E-state index contributed by atoms with van der Waals surface area (Å²) in [4.78, 5) is 31.7. The first-order valence-corrected chi connectivity index (χ1v) is 7.72. The lowest BCUT2D eigenvalue weighted by atomic mass is 10.2. The van der Waals surface area contributed by atoms with Crippen LogP contribution in [0.2, 0.25) is 0 Å². The summed E-state index contributed by atoms with van der Waals surface area (Å²) in [6, 6.07) is 8.54. The molecule has 0 aliphatic heterocycles. The SMILES string of the molecule is CCn1c(=O)c2[nH]c(C=C(F)c3ccccc3)nc2n(CC)c1=O. The number of halogens is 1. The zero-order valence-corrected chi connectivity index (χ0v) is 13.4. The number of benzene rings is 1. The Balaban J connectivity index is 2.21. The van der Waals surface area contributed by atoms with E-state index < -0.39 is 17.1 Å². The number of hydrogen-bond acceptors (Lipinski definition) is 3. The van der Waals surface area contributed by atoms with Crippen LogP contribution in [0, 0.1) is 0 Å². The van der Waals surface area contributed by atoms with E-state index in [0.717, 1.165) is 4.57 Å². The second-order valence-corrected chi connectivity index (χ2v) is 5.26. The molecule has 124 valence electrons. The van der Waals surface area contributed by atoms with Gasteiger partial charge >= 0.3 is 5.69 Å². The number of fused-ring (bicyclic) bond motifs is 1. The molecule has 0 aliphatic carbocycles. The molecular formula is C17H17FN4O2. The number of aromatic nitrogens is 4. The number of imidazole rings is 1. The fraction of sp³-hybridized carbons (Fsp3) is 0.235. The van der Waals surface area contributed by atoms with E-state index in [4.69, 9.17) is 0 Å². The van der Waals surface area contributed by atoms with Crippen LogP contribution in [0.3, 0.4) is 0 Å². The van der Waals surface area contributed by atoms with Crippen molar-refractivity contribution in [2.24, 2.45) is 0 Å². The summed E-state index contributed by atoms with van der Waals surface area (Å²) in [5.74, 6) is -0.283. The summed E-state index contributed by atoms with van der Waals surface area (Å²) < 4.78 is 16.8. The minimum Gasteiger partial charge on any atom is -0.332 e. The largest absolute Gasteiger partial charge is 0.332 e. The van der Waals surface area contributed by atoms with Crippen LogP contribution in [-0.4, -0.2) is 19.1 Å². The van der Waals surface area contributed by atoms with Gasteiger partial charge < -0.3 is 4.98 Å². The summed E-state index contributed by atoms with van der Waals surface area (Å²) in [6.07, 6.45) is 1.22. The van der Waals surface area contributed by atoms with Crippen LogP contribution >= 0.6 is 0 Å². The van der Waals surface area contributed by atoms with Crippen LogP contribution in [0.25, 0.3) is 23.1 Å². The fourth-order valence-electron chi connectivity index (χ4n) is 2.62. The fourth-order valence-corrected chi connectivity index (χ4v) is 2.62. The van der Waals surface area contributed by atoms with Crippen molar-refractivity contribution in [3.05, 3.63) is 62.6 Å². The van der Waals surface area contributed by atoms with Crippen molar-refractivity contribution in [2.45, 2.75) is 26.9 Å². The molecule has 0 bridgehead atoms. The van der Waals surface area contributed by atoms with Crippen molar-refractivity contribution < 1.29 is 4.39 Å². The van der Waals surface area contributed by atoms with Gasteiger partial charge in [0.2, 0.25) is 0 Å². The predicted molar refractivity (Wildman–Crippen MR) is 91.4 cm³/mol. The Morgan fingerprint density at radius 3 is 2.46 bits per heavy atom. The van der Waals surface area contributed by atoms with Crippen LogP contribution in [0.1, 0.15) is 25.2 Å². The van der Waals surface area contributed by atoms with Gasteiger partial charge in [0.25, 0.3) is 5.56 Å². The standard InChI is InChI=1S/C17H17FN4O2/c1-3-21-15-14(16(23)22(4-2)17(21)24)19-13(20-15)10-12(18)11-8-6-5-7-9-11/h5-10H,3-4H2,1-2H3,(H,19,20). The average Bonchev–Trinajstić information content (AvgIpc) is 3.00. The van der Waals surface area contributed by atoms with E-state index in [1.54, 1.807) is 44.2 Å². The third-order valence-corrected chi connectivity index (χ3v) is 3.82. The van der Waals surface area contributed by atoms with Crippen LogP contribution in [0.5, 0.6) is 0 Å². The Labute approximate surface area is 136 Å². The molecule has 2 aromatic heterocycles. The van der Waals surface area contributed by atoms with E-state index in [0.29, 0.717) is 12.1 Å². The maximum atomic E-state index is 14.3. The number of nitrogens with zero attached hydrogens (tertiary/aromatic N) is 3. The van der Waals surface area contributed by atoms with Crippen molar-refractivity contribution in [3.8, 4) is 0 Å². The van der Waals surface area contributed by atoms with Gasteiger partial charge in [-0.1, -0.05) is 30.3 Å². The Hall–Kier alpha value is -2.96. The van der Waals surface area contributed by atoms with Crippen molar-refractivity contribution >= 4 is 23.1 Å². The summed E-state index contributed by atoms with van der Waals surface area (Å²) in [6.45, 7) is 4.14. The molecule has 1 N–H and O–H groups in total. The molecule has 0 aliphatic rings. The maximum Gasteiger partial charge on any atom is 0.332 e. The van der Waals surface area contributed by atoms with Gasteiger partial charge in [-0.05, 0) is 13.8 Å². The van der Waals surface area contributed by atoms with E-state index >= 15 is 0 Å². The normalized spacial score (nSPS) is 12.0. The second-order valence-electron chi connectivity index (χ2n) is 5.26. The number of rotatable bonds is 4. The highest BCUT2D eigenvalue weighted by Crippen LogP contribution is 2.18. The van der Waals surface area contributed by atoms with E-state index in [1.165, 1.54) is 10.6 Å². The van der Waals surface area contributed by atoms with Crippen LogP contribution < -0.4 is 11.2 Å². The quantitative estimate of drug-likeness (QED) is 0.799. The van der Waals surface area contributed by atoms with Gasteiger partial charge in [0.05, 0.1) is 0 Å². The van der Waals surface area contributed by atoms with Gasteiger partial charge in [0, 0.05) is 24.7 Å². The molecule has 0 atom stereocenters. The zero-order chi connectivity index (χ0) is 17.3. The Kier molecular flexibility index (Phi) is 4.16. The third-order valence-electron chi connectivity index (χ3n) is 3.82. The van der Waals surface area contributed by atoms with Gasteiger partial charge in [0.15, 0.2) is 5.65 Å². The lowest BCUT2D eigenvalue weighted by Gasteiger charge is -2.06. The lowest BCUT2D eigenvalue weighted by molar-refractivity contribution is 0.605. The molecule has 0 amide bonds. The molecule has 2 heterocycles. The third kappa shape index (κ3) is 2.58. The molecule has 24 heavy (non-hydrogen) atoms. The van der Waals surface area contributed by atoms with E-state index in [1.807, 2.05) is 0 Å². The molecule has 3 aromatic rings. The molecule has 0 spiro atoms. The number of nitrogens with one attached hydrogen (secondary N) is 1. The second kappa shape index (κ2) is 6.27. The monoisotopic (exact) mass is 328 g/mol. The number of aryl methyl sites for hydroxylation is 1. The minimum atomic E-state index is -0.476. The Morgan fingerprint density at radius 2 is 1.83 bits per heavy atom. The summed E-state index contributed by atoms with van der Waals surface area (Å²) in [5, 5.41) is 0. The molecule has 0 radical (unpaired) electrons. The lowest BCUT2D eigenvalue weighted by Crippen LogP contribution is -2.39. The molecule has 0 fully saturated rings. The first-order chi connectivity index (χ1) is 11.6. The summed E-state index contributed by atoms with van der Waals surface area (Å²) >= 11 is 0. The summed E-state index contributed by atoms with van der Waals surface area (Å²) in [5.41, 5.74) is -0.0101. The van der Waals surface area contributed by atoms with Crippen LogP contribution in [0.15, 0.2) is 39.9 Å².